The molecule has 0 aliphatic rings. The van der Waals surface area contributed by atoms with Crippen LogP contribution in [0.2, 0.25) is 5.15 Å². The lowest BCUT2D eigenvalue weighted by Gasteiger charge is -2.07. The van der Waals surface area contributed by atoms with Crippen molar-refractivity contribution in [2.45, 2.75) is 5.75 Å². The van der Waals surface area contributed by atoms with Crippen molar-refractivity contribution in [3.8, 4) is 0 Å². The lowest BCUT2D eigenvalue weighted by molar-refractivity contribution is 0.437. The molecule has 0 aliphatic carbocycles. The molecular weight excluding hydrogens is 218 g/mol. The van der Waals surface area contributed by atoms with E-state index in [-0.39, 0.29) is 0 Å². The van der Waals surface area contributed by atoms with Crippen LogP contribution in [0.4, 0.5) is 0 Å². The van der Waals surface area contributed by atoms with Crippen LogP contribution in [0.3, 0.4) is 0 Å². The van der Waals surface area contributed by atoms with Gasteiger partial charge in [0.2, 0.25) is 0 Å². The summed E-state index contributed by atoms with van der Waals surface area (Å²) >= 11 is 7.48. The molecule has 0 atom stereocenters. The molecule has 0 N–H and O–H groups in total. The Bertz CT molecular complexity index is 263. The molecule has 1 rings (SSSR count). The van der Waals surface area contributed by atoms with Gasteiger partial charge in [0.1, 0.15) is 0 Å². The highest BCUT2D eigenvalue weighted by Gasteiger charge is 1.97. The van der Waals surface area contributed by atoms with Crippen LogP contribution in [-0.4, -0.2) is 41.5 Å². The predicted molar refractivity (Wildman–Crippen MR) is 61.8 cm³/mol. The van der Waals surface area contributed by atoms with Crippen molar-refractivity contribution >= 4 is 23.4 Å². The van der Waals surface area contributed by atoms with E-state index in [4.69, 9.17) is 11.6 Å². The largest absolute Gasteiger partial charge is 0.309 e. The summed E-state index contributed by atoms with van der Waals surface area (Å²) in [5, 5.41) is 8.21. The van der Waals surface area contributed by atoms with Gasteiger partial charge in [-0.3, -0.25) is 0 Å². The Kier molecular flexibility index (Phi) is 5.22. The van der Waals surface area contributed by atoms with E-state index < -0.39 is 0 Å². The summed E-state index contributed by atoms with van der Waals surface area (Å²) in [7, 11) is 4.14. The molecule has 78 valence electrons. The summed E-state index contributed by atoms with van der Waals surface area (Å²) < 4.78 is 0. The van der Waals surface area contributed by atoms with Gasteiger partial charge >= 0.3 is 0 Å². The summed E-state index contributed by atoms with van der Waals surface area (Å²) in [5.41, 5.74) is 0.984. The van der Waals surface area contributed by atoms with Crippen LogP contribution in [0.15, 0.2) is 12.1 Å². The third-order valence-electron chi connectivity index (χ3n) is 1.62. The maximum Gasteiger partial charge on any atom is 0.151 e. The van der Waals surface area contributed by atoms with Crippen LogP contribution in [0.5, 0.6) is 0 Å². The van der Waals surface area contributed by atoms with Gasteiger partial charge in [-0.25, -0.2) is 0 Å². The standard InChI is InChI=1S/C9H14ClN3S/c1-13(2)5-6-14-7-8-3-4-9(10)12-11-8/h3-4H,5-7H2,1-2H3. The number of aromatic nitrogens is 2. The van der Waals surface area contributed by atoms with E-state index in [2.05, 4.69) is 29.2 Å². The van der Waals surface area contributed by atoms with E-state index >= 15 is 0 Å². The van der Waals surface area contributed by atoms with Gasteiger partial charge in [0.25, 0.3) is 0 Å². The molecule has 5 heteroatoms. The van der Waals surface area contributed by atoms with Crippen molar-refractivity contribution in [2.75, 3.05) is 26.4 Å². The molecular formula is C9H14ClN3S. The topological polar surface area (TPSA) is 29.0 Å². The fourth-order valence-corrected chi connectivity index (χ4v) is 1.95. The lowest BCUT2D eigenvalue weighted by Crippen LogP contribution is -2.14. The molecule has 1 aromatic heterocycles. The van der Waals surface area contributed by atoms with E-state index in [1.807, 2.05) is 17.8 Å². The summed E-state index contributed by atoms with van der Waals surface area (Å²) in [5.74, 6) is 2.01. The molecule has 0 unspecified atom stereocenters. The number of hydrogen-bond acceptors (Lipinski definition) is 4. The molecule has 0 spiro atoms. The van der Waals surface area contributed by atoms with Gasteiger partial charge in [0.15, 0.2) is 5.15 Å². The van der Waals surface area contributed by atoms with Crippen molar-refractivity contribution < 1.29 is 0 Å². The lowest BCUT2D eigenvalue weighted by atomic mass is 10.4. The molecule has 1 aromatic rings. The van der Waals surface area contributed by atoms with Gasteiger partial charge in [0, 0.05) is 18.1 Å². The SMILES string of the molecule is CN(C)CCSCc1ccc(Cl)nn1. The number of nitrogens with zero attached hydrogens (tertiary/aromatic N) is 3. The molecule has 0 bridgehead atoms. The fourth-order valence-electron chi connectivity index (χ4n) is 0.844. The summed E-state index contributed by atoms with van der Waals surface area (Å²) in [6, 6.07) is 3.69. The molecule has 0 saturated carbocycles. The molecule has 0 radical (unpaired) electrons. The molecule has 3 nitrogen and oxygen atoms in total. The second-order valence-corrected chi connectivity index (χ2v) is 4.70. The Hall–Kier alpha value is -0.320. The van der Waals surface area contributed by atoms with E-state index in [0.717, 1.165) is 23.7 Å². The molecule has 0 fully saturated rings. The van der Waals surface area contributed by atoms with Gasteiger partial charge in [-0.2, -0.15) is 16.9 Å². The first kappa shape index (κ1) is 11.8. The van der Waals surface area contributed by atoms with E-state index in [9.17, 15) is 0 Å². The van der Waals surface area contributed by atoms with Crippen LogP contribution in [-0.2, 0) is 5.75 Å². The molecule has 0 aliphatic heterocycles. The number of rotatable bonds is 5. The Morgan fingerprint density at radius 1 is 1.36 bits per heavy atom. The van der Waals surface area contributed by atoms with Gasteiger partial charge in [-0.05, 0) is 26.2 Å². The minimum absolute atomic E-state index is 0.451. The maximum absolute atomic E-state index is 5.63. The van der Waals surface area contributed by atoms with Crippen molar-refractivity contribution in [1.29, 1.82) is 0 Å². The Morgan fingerprint density at radius 2 is 2.14 bits per heavy atom. The highest BCUT2D eigenvalue weighted by molar-refractivity contribution is 7.98. The third-order valence-corrected chi connectivity index (χ3v) is 2.79. The molecule has 0 amide bonds. The zero-order valence-electron chi connectivity index (χ0n) is 8.40. The van der Waals surface area contributed by atoms with Gasteiger partial charge in [-0.15, -0.1) is 5.10 Å². The van der Waals surface area contributed by atoms with Crippen molar-refractivity contribution in [2.24, 2.45) is 0 Å². The van der Waals surface area contributed by atoms with Crippen molar-refractivity contribution in [3.63, 3.8) is 0 Å². The van der Waals surface area contributed by atoms with E-state index in [1.165, 1.54) is 0 Å². The Labute approximate surface area is 93.9 Å². The Balaban J connectivity index is 2.21. The number of thioether (sulfide) groups is 1. The number of hydrogen-bond donors (Lipinski definition) is 0. The van der Waals surface area contributed by atoms with E-state index in [1.54, 1.807) is 6.07 Å². The summed E-state index contributed by atoms with van der Waals surface area (Å²) in [6.07, 6.45) is 0. The third kappa shape index (κ3) is 4.79. The zero-order valence-corrected chi connectivity index (χ0v) is 9.98. The van der Waals surface area contributed by atoms with Crippen LogP contribution in [0.25, 0.3) is 0 Å². The van der Waals surface area contributed by atoms with E-state index in [0.29, 0.717) is 5.15 Å². The van der Waals surface area contributed by atoms with Crippen LogP contribution in [0, 0.1) is 0 Å². The second kappa shape index (κ2) is 6.22. The Morgan fingerprint density at radius 3 is 2.71 bits per heavy atom. The van der Waals surface area contributed by atoms with Crippen molar-refractivity contribution in [3.05, 3.63) is 23.0 Å². The molecule has 0 saturated heterocycles. The quantitative estimate of drug-likeness (QED) is 0.725. The first-order chi connectivity index (χ1) is 6.68. The highest BCUT2D eigenvalue weighted by Crippen LogP contribution is 2.10. The zero-order chi connectivity index (χ0) is 10.4. The average molecular weight is 232 g/mol. The first-order valence-electron chi connectivity index (χ1n) is 4.39. The predicted octanol–water partition coefficient (Wildman–Crippen LogP) is 1.92. The highest BCUT2D eigenvalue weighted by atomic mass is 35.5. The minimum atomic E-state index is 0.451. The first-order valence-corrected chi connectivity index (χ1v) is 5.92. The maximum atomic E-state index is 5.63. The molecule has 0 aromatic carbocycles. The van der Waals surface area contributed by atoms with Crippen LogP contribution in [0.1, 0.15) is 5.69 Å². The molecule has 1 heterocycles. The average Bonchev–Trinajstić information content (AvgIpc) is 2.15. The van der Waals surface area contributed by atoms with Gasteiger partial charge in [0.05, 0.1) is 5.69 Å². The monoisotopic (exact) mass is 231 g/mol. The molecule has 14 heavy (non-hydrogen) atoms. The van der Waals surface area contributed by atoms with Crippen LogP contribution < -0.4 is 0 Å². The second-order valence-electron chi connectivity index (χ2n) is 3.20. The normalized spacial score (nSPS) is 10.9. The van der Waals surface area contributed by atoms with Crippen molar-refractivity contribution in [1.82, 2.24) is 15.1 Å². The smallest absolute Gasteiger partial charge is 0.151 e. The number of halogens is 1. The summed E-state index contributed by atoms with van der Waals surface area (Å²) in [6.45, 7) is 1.09. The van der Waals surface area contributed by atoms with Crippen LogP contribution >= 0.6 is 23.4 Å². The fraction of sp³-hybridized carbons (Fsp3) is 0.556. The van der Waals surface area contributed by atoms with Gasteiger partial charge < -0.3 is 4.90 Å². The minimum Gasteiger partial charge on any atom is -0.309 e. The van der Waals surface area contributed by atoms with Gasteiger partial charge in [-0.1, -0.05) is 11.6 Å². The summed E-state index contributed by atoms with van der Waals surface area (Å²) in [4.78, 5) is 2.17.